The van der Waals surface area contributed by atoms with Gasteiger partial charge in [0.15, 0.2) is 5.82 Å². The largest absolute Gasteiger partial charge is 0.456 e. The van der Waals surface area contributed by atoms with Crippen LogP contribution in [0.1, 0.15) is 22.3 Å². The van der Waals surface area contributed by atoms with E-state index in [-0.39, 0.29) is 0 Å². The zero-order valence-electron chi connectivity index (χ0n) is 35.9. The van der Waals surface area contributed by atoms with E-state index < -0.39 is 5.41 Å². The summed E-state index contributed by atoms with van der Waals surface area (Å²) < 4.78 is 6.43. The van der Waals surface area contributed by atoms with Crippen LogP contribution in [0, 0.1) is 0 Å². The fourth-order valence-electron chi connectivity index (χ4n) is 10.5. The van der Waals surface area contributed by atoms with Gasteiger partial charge < -0.3 is 4.42 Å². The van der Waals surface area contributed by atoms with Crippen LogP contribution in [0.25, 0.3) is 100.0 Å². The summed E-state index contributed by atoms with van der Waals surface area (Å²) in [6.45, 7) is 0. The first kappa shape index (κ1) is 37.9. The van der Waals surface area contributed by atoms with Gasteiger partial charge in [0.25, 0.3) is 0 Å². The van der Waals surface area contributed by atoms with E-state index in [4.69, 9.17) is 14.4 Å². The number of aromatic nitrogens is 2. The molecule has 0 radical (unpaired) electrons. The van der Waals surface area contributed by atoms with Gasteiger partial charge in [0.2, 0.25) is 0 Å². The Labute approximate surface area is 383 Å². The molecule has 308 valence electrons. The Bertz CT molecular complexity index is 3770. The van der Waals surface area contributed by atoms with Gasteiger partial charge in [0, 0.05) is 27.5 Å². The molecule has 0 aliphatic heterocycles. The highest BCUT2D eigenvalue weighted by Crippen LogP contribution is 2.56. The zero-order valence-corrected chi connectivity index (χ0v) is 35.9. The molecule has 3 nitrogen and oxygen atoms in total. The van der Waals surface area contributed by atoms with Gasteiger partial charge >= 0.3 is 0 Å². The van der Waals surface area contributed by atoms with Crippen LogP contribution in [-0.4, -0.2) is 9.97 Å². The lowest BCUT2D eigenvalue weighted by atomic mass is 9.67. The summed E-state index contributed by atoms with van der Waals surface area (Å²) in [6, 6.07) is 87.1. The Morgan fingerprint density at radius 3 is 1.68 bits per heavy atom. The molecule has 0 N–H and O–H groups in total. The van der Waals surface area contributed by atoms with Gasteiger partial charge in [0.05, 0.1) is 16.8 Å². The topological polar surface area (TPSA) is 38.9 Å². The summed E-state index contributed by atoms with van der Waals surface area (Å²) in [5.74, 6) is 0.674. The minimum Gasteiger partial charge on any atom is -0.456 e. The number of furan rings is 1. The highest BCUT2D eigenvalue weighted by atomic mass is 16.3. The van der Waals surface area contributed by atoms with Crippen molar-refractivity contribution in [3.8, 4) is 67.3 Å². The third kappa shape index (κ3) is 6.05. The summed E-state index contributed by atoms with van der Waals surface area (Å²) in [5, 5.41) is 4.62. The SMILES string of the molecule is c1ccc(-c2nc(-c3cc(-c4ccc5c(c4)oc4ccccc45)cc(-c4cccc5ccccc45)c3)cc(-c3ccc4c(c3)-c3ccccc3C4(c3ccccc3)c3ccccc3)n2)cc1. The standard InChI is InChI=1S/C63H40N2O/c1-4-18-42(19-5-1)62-64-58(44-32-34-57-55(38-44)52-26-12-14-29-56(52)63(57,48-21-6-2-7-22-48)49-23-8-3-9-24-49)40-59(65-62)47-36-45(35-46(37-47)51-28-16-20-41-17-10-11-25-50(41)51)43-31-33-54-53-27-13-15-30-60(53)66-61(54)39-43/h1-40H. The van der Waals surface area contributed by atoms with Crippen molar-refractivity contribution in [2.75, 3.05) is 0 Å². The molecular weight excluding hydrogens is 801 g/mol. The van der Waals surface area contributed by atoms with Crippen molar-refractivity contribution in [1.29, 1.82) is 0 Å². The number of benzene rings is 10. The third-order valence-electron chi connectivity index (χ3n) is 13.6. The maximum Gasteiger partial charge on any atom is 0.160 e. The van der Waals surface area contributed by atoms with Gasteiger partial charge in [-0.15, -0.1) is 0 Å². The van der Waals surface area contributed by atoms with Gasteiger partial charge in [-0.25, -0.2) is 9.97 Å². The zero-order chi connectivity index (χ0) is 43.6. The molecule has 13 rings (SSSR count). The van der Waals surface area contributed by atoms with E-state index in [2.05, 4.69) is 224 Å². The van der Waals surface area contributed by atoms with E-state index in [1.165, 1.54) is 44.2 Å². The Morgan fingerprint density at radius 2 is 0.879 bits per heavy atom. The van der Waals surface area contributed by atoms with Gasteiger partial charge in [-0.1, -0.05) is 194 Å². The van der Waals surface area contributed by atoms with Crippen LogP contribution < -0.4 is 0 Å². The number of nitrogens with zero attached hydrogens (tertiary/aromatic N) is 2. The van der Waals surface area contributed by atoms with Crippen molar-refractivity contribution in [1.82, 2.24) is 9.97 Å². The molecule has 12 aromatic rings. The first-order chi connectivity index (χ1) is 32.7. The summed E-state index contributed by atoms with van der Waals surface area (Å²) in [5.41, 5.74) is 17.8. The van der Waals surface area contributed by atoms with E-state index in [9.17, 15) is 0 Å². The lowest BCUT2D eigenvalue weighted by molar-refractivity contribution is 0.669. The average Bonchev–Trinajstić information content (AvgIpc) is 3.92. The van der Waals surface area contributed by atoms with Crippen molar-refractivity contribution >= 4 is 32.7 Å². The monoisotopic (exact) mass is 840 g/mol. The van der Waals surface area contributed by atoms with Crippen molar-refractivity contribution < 1.29 is 4.42 Å². The van der Waals surface area contributed by atoms with Crippen LogP contribution in [0.3, 0.4) is 0 Å². The quantitative estimate of drug-likeness (QED) is 0.160. The van der Waals surface area contributed by atoms with Crippen LogP contribution in [0.2, 0.25) is 0 Å². The summed E-state index contributed by atoms with van der Waals surface area (Å²) in [6.07, 6.45) is 0. The molecule has 66 heavy (non-hydrogen) atoms. The normalized spacial score (nSPS) is 12.7. The molecule has 0 saturated carbocycles. The second-order valence-corrected chi connectivity index (χ2v) is 17.3. The van der Waals surface area contributed by atoms with E-state index >= 15 is 0 Å². The number of fused-ring (bicyclic) bond motifs is 7. The van der Waals surface area contributed by atoms with Crippen molar-refractivity contribution in [2.24, 2.45) is 0 Å². The van der Waals surface area contributed by atoms with Crippen LogP contribution in [0.4, 0.5) is 0 Å². The number of hydrogen-bond acceptors (Lipinski definition) is 3. The second-order valence-electron chi connectivity index (χ2n) is 17.3. The van der Waals surface area contributed by atoms with Crippen LogP contribution in [-0.2, 0) is 5.41 Å². The van der Waals surface area contributed by atoms with E-state index in [1.54, 1.807) is 0 Å². The molecule has 0 fully saturated rings. The Balaban J connectivity index is 1.03. The molecule has 2 aromatic heterocycles. The fraction of sp³-hybridized carbons (Fsp3) is 0.0159. The molecule has 0 amide bonds. The molecule has 0 saturated heterocycles. The first-order valence-corrected chi connectivity index (χ1v) is 22.5. The van der Waals surface area contributed by atoms with Crippen molar-refractivity contribution in [3.05, 3.63) is 265 Å². The smallest absolute Gasteiger partial charge is 0.160 e. The number of rotatable bonds is 7. The molecule has 1 aliphatic carbocycles. The van der Waals surface area contributed by atoms with Crippen molar-refractivity contribution in [3.63, 3.8) is 0 Å². The molecular formula is C63H40N2O. The molecule has 0 spiro atoms. The maximum atomic E-state index is 6.43. The molecule has 0 unspecified atom stereocenters. The third-order valence-corrected chi connectivity index (χ3v) is 13.6. The fourth-order valence-corrected chi connectivity index (χ4v) is 10.5. The van der Waals surface area contributed by atoms with Crippen LogP contribution in [0.15, 0.2) is 247 Å². The van der Waals surface area contributed by atoms with Gasteiger partial charge in [-0.05, 0) is 115 Å². The molecule has 0 atom stereocenters. The average molecular weight is 841 g/mol. The molecule has 1 aliphatic rings. The summed E-state index contributed by atoms with van der Waals surface area (Å²) in [7, 11) is 0. The molecule has 3 heteroatoms. The van der Waals surface area contributed by atoms with Gasteiger partial charge in [-0.2, -0.15) is 0 Å². The van der Waals surface area contributed by atoms with E-state index in [0.717, 1.165) is 72.3 Å². The van der Waals surface area contributed by atoms with Crippen LogP contribution in [0.5, 0.6) is 0 Å². The summed E-state index contributed by atoms with van der Waals surface area (Å²) >= 11 is 0. The lowest BCUT2D eigenvalue weighted by Crippen LogP contribution is -2.28. The molecule has 10 aromatic carbocycles. The van der Waals surface area contributed by atoms with E-state index in [0.29, 0.717) is 5.82 Å². The minimum absolute atomic E-state index is 0.483. The van der Waals surface area contributed by atoms with Gasteiger partial charge in [-0.3, -0.25) is 0 Å². The van der Waals surface area contributed by atoms with Crippen molar-refractivity contribution in [2.45, 2.75) is 5.41 Å². The number of para-hydroxylation sites is 1. The molecule has 0 bridgehead atoms. The maximum absolute atomic E-state index is 6.43. The lowest BCUT2D eigenvalue weighted by Gasteiger charge is -2.33. The Kier molecular flexibility index (Phi) is 8.75. The number of hydrogen-bond donors (Lipinski definition) is 0. The predicted molar refractivity (Wildman–Crippen MR) is 271 cm³/mol. The highest BCUT2D eigenvalue weighted by Gasteiger charge is 2.46. The Hall–Kier alpha value is -8.66. The predicted octanol–water partition coefficient (Wildman–Crippen LogP) is 16.2. The minimum atomic E-state index is -0.483. The van der Waals surface area contributed by atoms with Crippen LogP contribution >= 0.6 is 0 Å². The Morgan fingerprint density at radius 1 is 0.303 bits per heavy atom. The highest BCUT2D eigenvalue weighted by molar-refractivity contribution is 6.06. The first-order valence-electron chi connectivity index (χ1n) is 22.5. The summed E-state index contributed by atoms with van der Waals surface area (Å²) in [4.78, 5) is 10.8. The second kappa shape index (κ2) is 15.3. The van der Waals surface area contributed by atoms with E-state index in [1.807, 2.05) is 18.2 Å². The molecule has 2 heterocycles. The van der Waals surface area contributed by atoms with Gasteiger partial charge in [0.1, 0.15) is 11.2 Å².